The number of methoxy groups -OCH3 is 1. The van der Waals surface area contributed by atoms with Crippen LogP contribution in [0.3, 0.4) is 0 Å². The summed E-state index contributed by atoms with van der Waals surface area (Å²) in [5, 5.41) is 6.57. The Bertz CT molecular complexity index is 1350. The van der Waals surface area contributed by atoms with Crippen LogP contribution in [0, 0.1) is 6.92 Å². The first-order valence-corrected chi connectivity index (χ1v) is 10.6. The molecule has 1 amide bonds. The molecule has 1 aromatic heterocycles. The third-order valence-corrected chi connectivity index (χ3v) is 5.40. The number of ether oxygens (including phenoxy) is 1. The van der Waals surface area contributed by atoms with Gasteiger partial charge in [-0.05, 0) is 73.2 Å². The van der Waals surface area contributed by atoms with E-state index in [4.69, 9.17) is 44.6 Å². The lowest BCUT2D eigenvalue weighted by Gasteiger charge is -2.12. The predicted molar refractivity (Wildman–Crippen MR) is 131 cm³/mol. The van der Waals surface area contributed by atoms with Gasteiger partial charge in [-0.2, -0.15) is 0 Å². The van der Waals surface area contributed by atoms with Gasteiger partial charge >= 0.3 is 0 Å². The Kier molecular flexibility index (Phi) is 6.32. The van der Waals surface area contributed by atoms with Crippen LogP contribution in [0.25, 0.3) is 22.6 Å². The molecular formula is C23H17Cl2N3O3S. The Labute approximate surface area is 199 Å². The van der Waals surface area contributed by atoms with Gasteiger partial charge in [0.25, 0.3) is 5.91 Å². The highest BCUT2D eigenvalue weighted by Crippen LogP contribution is 2.32. The van der Waals surface area contributed by atoms with Crippen molar-refractivity contribution >= 4 is 63.2 Å². The number of hydrogen-bond acceptors (Lipinski definition) is 5. The molecule has 6 nitrogen and oxygen atoms in total. The highest BCUT2D eigenvalue weighted by Gasteiger charge is 2.16. The highest BCUT2D eigenvalue weighted by molar-refractivity contribution is 7.80. The fourth-order valence-corrected chi connectivity index (χ4v) is 3.69. The predicted octanol–water partition coefficient (Wildman–Crippen LogP) is 6.25. The van der Waals surface area contributed by atoms with Crippen LogP contribution >= 0.6 is 35.4 Å². The molecule has 0 saturated carbocycles. The number of anilines is 1. The van der Waals surface area contributed by atoms with Crippen LogP contribution in [-0.2, 0) is 0 Å². The van der Waals surface area contributed by atoms with Crippen molar-refractivity contribution in [2.24, 2.45) is 0 Å². The maximum atomic E-state index is 12.6. The number of carbonyl (C=O) groups is 1. The van der Waals surface area contributed by atoms with E-state index < -0.39 is 5.91 Å². The number of carbonyl (C=O) groups excluding carboxylic acids is 1. The number of thiocarbonyl (C=S) groups is 1. The van der Waals surface area contributed by atoms with Crippen LogP contribution in [0.5, 0.6) is 5.75 Å². The van der Waals surface area contributed by atoms with Crippen LogP contribution in [0.4, 0.5) is 5.69 Å². The average Bonchev–Trinajstić information content (AvgIpc) is 3.17. The summed E-state index contributed by atoms with van der Waals surface area (Å²) in [5.41, 5.74) is 3.94. The number of hydrogen-bond donors (Lipinski definition) is 2. The second kappa shape index (κ2) is 9.16. The third kappa shape index (κ3) is 4.70. The Morgan fingerprint density at radius 2 is 1.91 bits per heavy atom. The van der Waals surface area contributed by atoms with Crippen molar-refractivity contribution in [3.63, 3.8) is 0 Å². The summed E-state index contributed by atoms with van der Waals surface area (Å²) < 4.78 is 11.1. The zero-order valence-corrected chi connectivity index (χ0v) is 19.4. The van der Waals surface area contributed by atoms with Gasteiger partial charge in [0, 0.05) is 10.7 Å². The minimum atomic E-state index is -0.453. The normalized spacial score (nSPS) is 10.8. The minimum absolute atomic E-state index is 0.0958. The molecule has 0 unspecified atom stereocenters. The quantitative estimate of drug-likeness (QED) is 0.333. The van der Waals surface area contributed by atoms with Crippen molar-refractivity contribution in [2.45, 2.75) is 6.92 Å². The van der Waals surface area contributed by atoms with Crippen LogP contribution in [0.15, 0.2) is 59.0 Å². The molecule has 32 heavy (non-hydrogen) atoms. The lowest BCUT2D eigenvalue weighted by Crippen LogP contribution is -2.34. The maximum absolute atomic E-state index is 12.6. The molecule has 0 fully saturated rings. The average molecular weight is 486 g/mol. The number of amides is 1. The van der Waals surface area contributed by atoms with Crippen molar-refractivity contribution in [3.8, 4) is 17.2 Å². The molecule has 0 saturated heterocycles. The molecular weight excluding hydrogens is 469 g/mol. The largest absolute Gasteiger partial charge is 0.496 e. The minimum Gasteiger partial charge on any atom is -0.496 e. The van der Waals surface area contributed by atoms with E-state index in [9.17, 15) is 4.79 Å². The van der Waals surface area contributed by atoms with E-state index in [2.05, 4.69) is 15.6 Å². The molecule has 162 valence electrons. The van der Waals surface area contributed by atoms with Crippen molar-refractivity contribution in [3.05, 3.63) is 75.8 Å². The van der Waals surface area contributed by atoms with E-state index in [0.29, 0.717) is 38.5 Å². The fourth-order valence-electron chi connectivity index (χ4n) is 3.10. The molecule has 0 spiro atoms. The maximum Gasteiger partial charge on any atom is 0.261 e. The summed E-state index contributed by atoms with van der Waals surface area (Å²) >= 11 is 17.7. The SMILES string of the molecule is COc1ccc(Cl)cc1C(=O)NC(=S)Nc1ccc(Cl)c(-c2nc3ccc(C)cc3o2)c1. The standard InChI is InChI=1S/C23H17Cl2N3O3S/c1-12-3-7-18-20(9-12)31-22(27-18)15-11-14(5-6-17(15)25)26-23(32)28-21(29)16-10-13(24)4-8-19(16)30-2/h3-11H,1-2H3,(H2,26,28,29,32). The number of fused-ring (bicyclic) bond motifs is 1. The van der Waals surface area contributed by atoms with Crippen LogP contribution < -0.4 is 15.4 Å². The molecule has 3 aromatic carbocycles. The first-order chi connectivity index (χ1) is 15.3. The highest BCUT2D eigenvalue weighted by atomic mass is 35.5. The van der Waals surface area contributed by atoms with Crippen molar-refractivity contribution in [2.75, 3.05) is 12.4 Å². The molecule has 0 aliphatic rings. The number of nitrogens with one attached hydrogen (secondary N) is 2. The van der Waals surface area contributed by atoms with Gasteiger partial charge < -0.3 is 14.5 Å². The smallest absolute Gasteiger partial charge is 0.261 e. The van der Waals surface area contributed by atoms with Gasteiger partial charge in [0.15, 0.2) is 10.7 Å². The van der Waals surface area contributed by atoms with Gasteiger partial charge in [0.05, 0.1) is 23.3 Å². The molecule has 1 heterocycles. The van der Waals surface area contributed by atoms with Gasteiger partial charge in [0.1, 0.15) is 11.3 Å². The lowest BCUT2D eigenvalue weighted by atomic mass is 10.2. The first-order valence-electron chi connectivity index (χ1n) is 9.47. The van der Waals surface area contributed by atoms with Crippen molar-refractivity contribution in [1.82, 2.24) is 10.3 Å². The Morgan fingerprint density at radius 3 is 2.69 bits per heavy atom. The second-order valence-electron chi connectivity index (χ2n) is 6.94. The molecule has 0 aliphatic heterocycles. The van der Waals surface area contributed by atoms with Gasteiger partial charge in [-0.15, -0.1) is 0 Å². The van der Waals surface area contributed by atoms with E-state index in [-0.39, 0.29) is 10.7 Å². The molecule has 9 heteroatoms. The van der Waals surface area contributed by atoms with E-state index in [1.807, 2.05) is 25.1 Å². The van der Waals surface area contributed by atoms with Crippen LogP contribution in [-0.4, -0.2) is 23.1 Å². The molecule has 0 radical (unpaired) electrons. The number of oxazole rings is 1. The van der Waals surface area contributed by atoms with Crippen LogP contribution in [0.1, 0.15) is 15.9 Å². The summed E-state index contributed by atoms with van der Waals surface area (Å²) in [7, 11) is 1.47. The molecule has 2 N–H and O–H groups in total. The Hall–Kier alpha value is -3.13. The molecule has 0 aliphatic carbocycles. The van der Waals surface area contributed by atoms with E-state index in [1.54, 1.807) is 30.3 Å². The zero-order chi connectivity index (χ0) is 22.8. The molecule has 4 aromatic rings. The second-order valence-corrected chi connectivity index (χ2v) is 8.19. The van der Waals surface area contributed by atoms with Gasteiger partial charge in [-0.25, -0.2) is 4.98 Å². The molecule has 4 rings (SSSR count). The monoisotopic (exact) mass is 485 g/mol. The topological polar surface area (TPSA) is 76.4 Å². The summed E-state index contributed by atoms with van der Waals surface area (Å²) in [6.45, 7) is 1.98. The number of halogens is 2. The number of benzene rings is 3. The summed E-state index contributed by atoms with van der Waals surface area (Å²) in [6.07, 6.45) is 0. The van der Waals surface area contributed by atoms with E-state index in [0.717, 1.165) is 11.1 Å². The zero-order valence-electron chi connectivity index (χ0n) is 17.0. The number of rotatable bonds is 4. The number of aromatic nitrogens is 1. The summed E-state index contributed by atoms with van der Waals surface area (Å²) in [5.74, 6) is 0.318. The lowest BCUT2D eigenvalue weighted by molar-refractivity contribution is 0.0975. The number of nitrogens with zero attached hydrogens (tertiary/aromatic N) is 1. The van der Waals surface area contributed by atoms with Crippen molar-refractivity contribution in [1.29, 1.82) is 0 Å². The molecule has 0 atom stereocenters. The summed E-state index contributed by atoms with van der Waals surface area (Å²) in [4.78, 5) is 17.1. The van der Waals surface area contributed by atoms with Crippen LogP contribution in [0.2, 0.25) is 10.0 Å². The number of aryl methyl sites for hydroxylation is 1. The van der Waals surface area contributed by atoms with Gasteiger partial charge in [-0.3, -0.25) is 10.1 Å². The van der Waals surface area contributed by atoms with E-state index >= 15 is 0 Å². The fraction of sp³-hybridized carbons (Fsp3) is 0.0870. The van der Waals surface area contributed by atoms with Crippen molar-refractivity contribution < 1.29 is 13.9 Å². The van der Waals surface area contributed by atoms with Gasteiger partial charge in [0.2, 0.25) is 5.89 Å². The Morgan fingerprint density at radius 1 is 1.09 bits per heavy atom. The third-order valence-electron chi connectivity index (χ3n) is 4.63. The Balaban J connectivity index is 1.54. The first kappa shape index (κ1) is 22.1. The summed E-state index contributed by atoms with van der Waals surface area (Å²) in [6, 6.07) is 15.7. The molecule has 0 bridgehead atoms. The van der Waals surface area contributed by atoms with E-state index in [1.165, 1.54) is 13.2 Å². The van der Waals surface area contributed by atoms with Gasteiger partial charge in [-0.1, -0.05) is 29.3 Å².